The molecule has 9 heteroatoms. The molecule has 2 aromatic rings. The summed E-state index contributed by atoms with van der Waals surface area (Å²) in [4.78, 5) is 24.9. The molecule has 1 heterocycles. The van der Waals surface area contributed by atoms with Crippen LogP contribution in [0.2, 0.25) is 5.02 Å². The van der Waals surface area contributed by atoms with E-state index in [0.717, 1.165) is 18.9 Å². The first-order chi connectivity index (χ1) is 14.9. The molecule has 0 spiro atoms. The predicted molar refractivity (Wildman–Crippen MR) is 110 cm³/mol. The Hall–Kier alpha value is -2.71. The van der Waals surface area contributed by atoms with Gasteiger partial charge in [0.2, 0.25) is 0 Å². The average Bonchev–Trinajstić information content (AvgIpc) is 3.40. The van der Waals surface area contributed by atoms with E-state index in [-0.39, 0.29) is 28.9 Å². The van der Waals surface area contributed by atoms with Crippen molar-refractivity contribution in [2.75, 3.05) is 18.5 Å². The van der Waals surface area contributed by atoms with Crippen LogP contribution < -0.4 is 10.6 Å². The van der Waals surface area contributed by atoms with Crippen molar-refractivity contribution < 1.29 is 27.8 Å². The van der Waals surface area contributed by atoms with Gasteiger partial charge in [-0.1, -0.05) is 11.6 Å². The van der Waals surface area contributed by atoms with Gasteiger partial charge in [0.25, 0.3) is 5.91 Å². The zero-order valence-electron chi connectivity index (χ0n) is 16.6. The molecule has 164 valence electrons. The Bertz CT molecular complexity index is 1010. The van der Waals surface area contributed by atoms with Crippen molar-refractivity contribution in [2.45, 2.75) is 37.8 Å². The second kappa shape index (κ2) is 9.20. The van der Waals surface area contributed by atoms with Crippen LogP contribution in [-0.2, 0) is 15.9 Å². The number of hydrogen-bond acceptors (Lipinski definition) is 4. The molecule has 2 amide bonds. The minimum Gasteiger partial charge on any atom is -0.447 e. The molecule has 0 radical (unpaired) electrons. The second-order valence-corrected chi connectivity index (χ2v) is 7.95. The van der Waals surface area contributed by atoms with Gasteiger partial charge in [0.05, 0.1) is 17.2 Å². The lowest BCUT2D eigenvalue weighted by Crippen LogP contribution is -2.30. The van der Waals surface area contributed by atoms with Crippen LogP contribution in [0.15, 0.2) is 30.3 Å². The monoisotopic (exact) mass is 450 g/mol. The third-order valence-corrected chi connectivity index (χ3v) is 5.76. The molecule has 1 saturated heterocycles. The van der Waals surface area contributed by atoms with Gasteiger partial charge in [0.15, 0.2) is 0 Å². The van der Waals surface area contributed by atoms with Crippen molar-refractivity contribution >= 4 is 29.3 Å². The van der Waals surface area contributed by atoms with E-state index in [1.165, 1.54) is 24.3 Å². The van der Waals surface area contributed by atoms with Gasteiger partial charge in [-0.3, -0.25) is 4.79 Å². The molecule has 2 atom stereocenters. The van der Waals surface area contributed by atoms with Crippen LogP contribution in [0.1, 0.15) is 46.8 Å². The molecule has 0 saturated carbocycles. The summed E-state index contributed by atoms with van der Waals surface area (Å²) in [7, 11) is 0. The molecule has 2 aliphatic rings. The largest absolute Gasteiger partial charge is 0.447 e. The third-order valence-electron chi connectivity index (χ3n) is 5.47. The lowest BCUT2D eigenvalue weighted by Gasteiger charge is -2.17. The Labute approximate surface area is 182 Å². The molecule has 1 fully saturated rings. The minimum atomic E-state index is -0.649. The molecule has 1 aliphatic carbocycles. The van der Waals surface area contributed by atoms with Crippen LogP contribution in [0.25, 0.3) is 0 Å². The number of carbonyl (C=O) groups is 2. The van der Waals surface area contributed by atoms with Crippen LogP contribution in [0.3, 0.4) is 0 Å². The van der Waals surface area contributed by atoms with Crippen LogP contribution >= 0.6 is 11.6 Å². The van der Waals surface area contributed by atoms with Gasteiger partial charge in [-0.05, 0) is 61.6 Å². The Morgan fingerprint density at radius 1 is 1.16 bits per heavy atom. The number of fused-ring (bicyclic) bond motifs is 1. The first-order valence-corrected chi connectivity index (χ1v) is 10.4. The van der Waals surface area contributed by atoms with E-state index in [1.807, 2.05) is 0 Å². The highest BCUT2D eigenvalue weighted by molar-refractivity contribution is 6.31. The number of hydrogen-bond donors (Lipinski definition) is 2. The topological polar surface area (TPSA) is 76.7 Å². The number of ether oxygens (including phenoxy) is 2. The fourth-order valence-corrected chi connectivity index (χ4v) is 4.15. The van der Waals surface area contributed by atoms with E-state index in [4.69, 9.17) is 21.1 Å². The Balaban J connectivity index is 1.46. The van der Waals surface area contributed by atoms with Crippen molar-refractivity contribution in [2.24, 2.45) is 0 Å². The number of amides is 2. The molecule has 1 aliphatic heterocycles. The van der Waals surface area contributed by atoms with Crippen molar-refractivity contribution in [3.8, 4) is 0 Å². The van der Waals surface area contributed by atoms with Gasteiger partial charge in [-0.2, -0.15) is 0 Å². The van der Waals surface area contributed by atoms with E-state index in [0.29, 0.717) is 30.7 Å². The summed E-state index contributed by atoms with van der Waals surface area (Å²) >= 11 is 5.76. The summed E-state index contributed by atoms with van der Waals surface area (Å²) in [6, 6.07) is 5.83. The molecule has 6 nitrogen and oxygen atoms in total. The highest BCUT2D eigenvalue weighted by atomic mass is 35.5. The predicted octanol–water partition coefficient (Wildman–Crippen LogP) is 4.76. The van der Waals surface area contributed by atoms with Crippen molar-refractivity contribution in [1.82, 2.24) is 5.32 Å². The Morgan fingerprint density at radius 2 is 1.97 bits per heavy atom. The fraction of sp³-hybridized carbons (Fsp3) is 0.364. The van der Waals surface area contributed by atoms with Gasteiger partial charge >= 0.3 is 6.09 Å². The lowest BCUT2D eigenvalue weighted by molar-refractivity contribution is 0.0428. The highest BCUT2D eigenvalue weighted by Gasteiger charge is 2.31. The zero-order chi connectivity index (χ0) is 22.0. The molecular formula is C22H21ClF2N2O4. The van der Waals surface area contributed by atoms with Crippen LogP contribution in [0.4, 0.5) is 19.3 Å². The molecule has 0 bridgehead atoms. The van der Waals surface area contributed by atoms with Crippen LogP contribution in [0.5, 0.6) is 0 Å². The van der Waals surface area contributed by atoms with Gasteiger partial charge in [0, 0.05) is 23.4 Å². The summed E-state index contributed by atoms with van der Waals surface area (Å²) in [6.45, 7) is 0.808. The van der Waals surface area contributed by atoms with E-state index in [1.54, 1.807) is 0 Å². The summed E-state index contributed by atoms with van der Waals surface area (Å²) in [5, 5.41) is 5.21. The maximum absolute atomic E-state index is 14.6. The number of halogens is 3. The SMILES string of the molecule is O=C(N[C@H]1CCc2c(C(=O)Nc3ccc(F)c(Cl)c3)ccc(F)c21)OC[C@H]1CCCO1. The number of rotatable bonds is 5. The number of alkyl carbamates (subject to hydrolysis) is 1. The molecule has 2 aromatic carbocycles. The average molecular weight is 451 g/mol. The normalized spacial score (nSPS) is 19.7. The highest BCUT2D eigenvalue weighted by Crippen LogP contribution is 2.36. The smallest absolute Gasteiger partial charge is 0.407 e. The van der Waals surface area contributed by atoms with E-state index < -0.39 is 29.7 Å². The van der Waals surface area contributed by atoms with E-state index >= 15 is 0 Å². The van der Waals surface area contributed by atoms with Gasteiger partial charge in [-0.15, -0.1) is 0 Å². The Kier molecular flexibility index (Phi) is 6.38. The number of nitrogens with one attached hydrogen (secondary N) is 2. The maximum atomic E-state index is 14.6. The lowest BCUT2D eigenvalue weighted by atomic mass is 10.0. The molecule has 0 unspecified atom stereocenters. The van der Waals surface area contributed by atoms with Gasteiger partial charge in [-0.25, -0.2) is 13.6 Å². The summed E-state index contributed by atoms with van der Waals surface area (Å²) in [5.74, 6) is -1.57. The fourth-order valence-electron chi connectivity index (χ4n) is 3.97. The molecule has 4 rings (SSSR count). The molecular weight excluding hydrogens is 430 g/mol. The molecule has 2 N–H and O–H groups in total. The first-order valence-electron chi connectivity index (χ1n) is 10.0. The second-order valence-electron chi connectivity index (χ2n) is 7.54. The molecule has 0 aromatic heterocycles. The summed E-state index contributed by atoms with van der Waals surface area (Å²) in [5.41, 5.74) is 1.41. The van der Waals surface area contributed by atoms with Gasteiger partial charge in [0.1, 0.15) is 18.2 Å². The Morgan fingerprint density at radius 3 is 2.71 bits per heavy atom. The third kappa shape index (κ3) is 4.80. The summed E-state index contributed by atoms with van der Waals surface area (Å²) < 4.78 is 38.5. The number of carbonyl (C=O) groups excluding carboxylic acids is 2. The first kappa shape index (κ1) is 21.5. The number of anilines is 1. The minimum absolute atomic E-state index is 0.103. The molecule has 31 heavy (non-hydrogen) atoms. The van der Waals surface area contributed by atoms with Gasteiger partial charge < -0.3 is 20.1 Å². The van der Waals surface area contributed by atoms with E-state index in [2.05, 4.69) is 10.6 Å². The number of benzene rings is 2. The summed E-state index contributed by atoms with van der Waals surface area (Å²) in [6.07, 6.45) is 1.87. The zero-order valence-corrected chi connectivity index (χ0v) is 17.3. The van der Waals surface area contributed by atoms with Crippen molar-refractivity contribution in [3.05, 3.63) is 63.7 Å². The standard InChI is InChI=1S/C22H21ClF2N2O4/c23-16-10-12(3-6-17(16)24)26-21(28)15-4-7-18(25)20-14(15)5-8-19(20)27-22(29)31-11-13-2-1-9-30-13/h3-4,6-7,10,13,19H,1-2,5,8-9,11H2,(H,26,28)(H,27,29)/t13-,19+/m1/s1. The van der Waals surface area contributed by atoms with Crippen LogP contribution in [0, 0.1) is 11.6 Å². The van der Waals surface area contributed by atoms with E-state index in [9.17, 15) is 18.4 Å². The quantitative estimate of drug-likeness (QED) is 0.688. The van der Waals surface area contributed by atoms with Crippen molar-refractivity contribution in [3.63, 3.8) is 0 Å². The van der Waals surface area contributed by atoms with Crippen molar-refractivity contribution in [1.29, 1.82) is 0 Å². The van der Waals surface area contributed by atoms with Crippen LogP contribution in [-0.4, -0.2) is 31.3 Å². The maximum Gasteiger partial charge on any atom is 0.407 e.